The van der Waals surface area contributed by atoms with Gasteiger partial charge in [0, 0.05) is 23.7 Å². The van der Waals surface area contributed by atoms with E-state index in [2.05, 4.69) is 34.9 Å². The lowest BCUT2D eigenvalue weighted by molar-refractivity contribution is -0.112. The summed E-state index contributed by atoms with van der Waals surface area (Å²) in [6, 6.07) is 22.1. The zero-order valence-corrected chi connectivity index (χ0v) is 18.6. The highest BCUT2D eigenvalue weighted by Crippen LogP contribution is 2.44. The predicted molar refractivity (Wildman–Crippen MR) is 129 cm³/mol. The molecule has 0 spiro atoms. The van der Waals surface area contributed by atoms with Crippen LogP contribution in [0.3, 0.4) is 0 Å². The van der Waals surface area contributed by atoms with Gasteiger partial charge in [-0.3, -0.25) is 4.79 Å². The Kier molecular flexibility index (Phi) is 6.73. The summed E-state index contributed by atoms with van der Waals surface area (Å²) in [5.41, 5.74) is 5.62. The Morgan fingerprint density at radius 3 is 2.09 bits per heavy atom. The van der Waals surface area contributed by atoms with Crippen molar-refractivity contribution in [2.45, 2.75) is 12.8 Å². The molecule has 0 atom stereocenters. The van der Waals surface area contributed by atoms with Crippen molar-refractivity contribution in [1.29, 1.82) is 0 Å². The van der Waals surface area contributed by atoms with E-state index in [4.69, 9.17) is 9.84 Å². The molecule has 172 valence electrons. The van der Waals surface area contributed by atoms with Crippen molar-refractivity contribution in [2.75, 3.05) is 18.5 Å². The van der Waals surface area contributed by atoms with E-state index in [1.54, 1.807) is 13.0 Å². The molecule has 0 bridgehead atoms. The quantitative estimate of drug-likeness (QED) is 0.443. The highest BCUT2D eigenvalue weighted by atomic mass is 16.5. The van der Waals surface area contributed by atoms with Crippen LogP contribution in [0, 0.1) is 0 Å². The Balaban J connectivity index is 1.28. The summed E-state index contributed by atoms with van der Waals surface area (Å²) in [4.78, 5) is 35.4. The number of benzene rings is 3. The third-order valence-corrected chi connectivity index (χ3v) is 5.75. The maximum absolute atomic E-state index is 12.3. The molecule has 0 saturated carbocycles. The van der Waals surface area contributed by atoms with Gasteiger partial charge in [-0.1, -0.05) is 54.6 Å². The standard InChI is InChI=1S/C27H24N2O5/c1-17(25(30)29-19-12-10-18(11-13-19)26(31)32)14-15-28-27(33)34-16-24-22-8-4-2-6-20(22)21-7-3-5-9-23(21)24/h2-14,24H,15-16H2,1H3,(H,28,33)(H,29,30)(H,31,32)/b17-14+. The molecule has 0 fully saturated rings. The fraction of sp³-hybridized carbons (Fsp3) is 0.148. The first-order valence-electron chi connectivity index (χ1n) is 10.8. The number of ether oxygens (including phenoxy) is 1. The van der Waals surface area contributed by atoms with E-state index in [1.807, 2.05) is 24.3 Å². The number of carboxylic acids is 1. The molecule has 3 aromatic rings. The van der Waals surface area contributed by atoms with E-state index in [1.165, 1.54) is 24.3 Å². The SMILES string of the molecule is C/C(=C\CNC(=O)OCC1c2ccccc2-c2ccccc21)C(=O)Nc1ccc(C(=O)O)cc1. The topological polar surface area (TPSA) is 105 Å². The minimum absolute atomic E-state index is 0.0197. The van der Waals surface area contributed by atoms with E-state index >= 15 is 0 Å². The van der Waals surface area contributed by atoms with E-state index in [0.29, 0.717) is 11.3 Å². The molecule has 0 heterocycles. The molecule has 3 N–H and O–H groups in total. The number of aromatic carboxylic acids is 1. The molecular weight excluding hydrogens is 432 g/mol. The monoisotopic (exact) mass is 456 g/mol. The minimum atomic E-state index is -1.03. The smallest absolute Gasteiger partial charge is 0.407 e. The second kappa shape index (κ2) is 10.0. The third-order valence-electron chi connectivity index (χ3n) is 5.75. The number of anilines is 1. The summed E-state index contributed by atoms with van der Waals surface area (Å²) in [7, 11) is 0. The van der Waals surface area contributed by atoms with Crippen molar-refractivity contribution in [2.24, 2.45) is 0 Å². The maximum atomic E-state index is 12.3. The Labute approximate surface area is 197 Å². The predicted octanol–water partition coefficient (Wildman–Crippen LogP) is 4.81. The van der Waals surface area contributed by atoms with Crippen LogP contribution in [-0.4, -0.2) is 36.2 Å². The lowest BCUT2D eigenvalue weighted by atomic mass is 9.98. The van der Waals surface area contributed by atoms with Gasteiger partial charge in [-0.2, -0.15) is 0 Å². The highest BCUT2D eigenvalue weighted by Gasteiger charge is 2.28. The maximum Gasteiger partial charge on any atom is 0.407 e. The van der Waals surface area contributed by atoms with Gasteiger partial charge in [0.05, 0.1) is 5.56 Å². The van der Waals surface area contributed by atoms with Gasteiger partial charge < -0.3 is 20.5 Å². The summed E-state index contributed by atoms with van der Waals surface area (Å²) < 4.78 is 5.48. The van der Waals surface area contributed by atoms with E-state index in [0.717, 1.165) is 22.3 Å². The van der Waals surface area contributed by atoms with Gasteiger partial charge in [-0.15, -0.1) is 0 Å². The van der Waals surface area contributed by atoms with Gasteiger partial charge in [0.25, 0.3) is 5.91 Å². The lowest BCUT2D eigenvalue weighted by Crippen LogP contribution is -2.26. The normalized spacial score (nSPS) is 12.4. The first-order valence-corrected chi connectivity index (χ1v) is 10.8. The molecule has 2 amide bonds. The van der Waals surface area contributed by atoms with Crippen LogP contribution in [0.15, 0.2) is 84.4 Å². The number of nitrogens with one attached hydrogen (secondary N) is 2. The number of carbonyl (C=O) groups is 3. The molecule has 1 aliphatic carbocycles. The molecule has 1 aliphatic rings. The van der Waals surface area contributed by atoms with Gasteiger partial charge in [0.2, 0.25) is 0 Å². The fourth-order valence-electron chi connectivity index (χ4n) is 3.96. The minimum Gasteiger partial charge on any atom is -0.478 e. The second-order valence-corrected chi connectivity index (χ2v) is 7.93. The summed E-state index contributed by atoms with van der Waals surface area (Å²) in [5, 5.41) is 14.3. The van der Waals surface area contributed by atoms with Gasteiger partial charge in [-0.25, -0.2) is 9.59 Å². The number of fused-ring (bicyclic) bond motifs is 3. The molecule has 0 aliphatic heterocycles. The van der Waals surface area contributed by atoms with E-state index in [-0.39, 0.29) is 30.5 Å². The zero-order chi connectivity index (χ0) is 24.1. The van der Waals surface area contributed by atoms with Crippen LogP contribution in [0.5, 0.6) is 0 Å². The zero-order valence-electron chi connectivity index (χ0n) is 18.6. The third kappa shape index (κ3) is 4.99. The number of alkyl carbamates (subject to hydrolysis) is 1. The largest absolute Gasteiger partial charge is 0.478 e. The number of carboxylic acid groups (broad SMARTS) is 1. The van der Waals surface area contributed by atoms with Crippen LogP contribution in [0.25, 0.3) is 11.1 Å². The Morgan fingerprint density at radius 1 is 0.912 bits per heavy atom. The number of amides is 2. The van der Waals surface area contributed by atoms with Crippen LogP contribution in [0.4, 0.5) is 10.5 Å². The molecule has 3 aromatic carbocycles. The van der Waals surface area contributed by atoms with Gasteiger partial charge in [0.1, 0.15) is 6.61 Å². The van der Waals surface area contributed by atoms with Crippen molar-refractivity contribution >= 4 is 23.7 Å². The Hall–Kier alpha value is -4.39. The molecule has 0 radical (unpaired) electrons. The van der Waals surface area contributed by atoms with Crippen molar-refractivity contribution in [3.63, 3.8) is 0 Å². The molecule has 7 nitrogen and oxygen atoms in total. The number of hydrogen-bond acceptors (Lipinski definition) is 4. The first-order chi connectivity index (χ1) is 16.4. The van der Waals surface area contributed by atoms with E-state index in [9.17, 15) is 14.4 Å². The second-order valence-electron chi connectivity index (χ2n) is 7.93. The Bertz CT molecular complexity index is 1220. The molecular formula is C27H24N2O5. The van der Waals surface area contributed by atoms with Gasteiger partial charge in [0.15, 0.2) is 0 Å². The fourth-order valence-corrected chi connectivity index (χ4v) is 3.96. The summed E-state index contributed by atoms with van der Waals surface area (Å²) in [6.07, 6.45) is 1.03. The van der Waals surface area contributed by atoms with Crippen molar-refractivity contribution < 1.29 is 24.2 Å². The summed E-state index contributed by atoms with van der Waals surface area (Å²) >= 11 is 0. The van der Waals surface area contributed by atoms with Crippen LogP contribution >= 0.6 is 0 Å². The molecule has 0 aromatic heterocycles. The van der Waals surface area contributed by atoms with Gasteiger partial charge >= 0.3 is 12.1 Å². The summed E-state index contributed by atoms with van der Waals surface area (Å²) in [6.45, 7) is 1.98. The van der Waals surface area contributed by atoms with Crippen molar-refractivity contribution in [1.82, 2.24) is 5.32 Å². The average Bonchev–Trinajstić information content (AvgIpc) is 3.16. The van der Waals surface area contributed by atoms with Crippen LogP contribution in [0.2, 0.25) is 0 Å². The van der Waals surface area contributed by atoms with Crippen LogP contribution < -0.4 is 10.6 Å². The first kappa shape index (κ1) is 22.8. The average molecular weight is 456 g/mol. The molecule has 0 saturated heterocycles. The summed E-state index contributed by atoms with van der Waals surface area (Å²) in [5.74, 6) is -1.40. The Morgan fingerprint density at radius 2 is 1.50 bits per heavy atom. The van der Waals surface area contributed by atoms with Gasteiger partial charge in [-0.05, 0) is 53.4 Å². The van der Waals surface area contributed by atoms with Crippen molar-refractivity contribution in [3.05, 3.63) is 101 Å². The molecule has 34 heavy (non-hydrogen) atoms. The number of rotatable bonds is 7. The lowest BCUT2D eigenvalue weighted by Gasteiger charge is -2.14. The number of carbonyl (C=O) groups excluding carboxylic acids is 2. The van der Waals surface area contributed by atoms with Crippen LogP contribution in [0.1, 0.15) is 34.3 Å². The molecule has 0 unspecified atom stereocenters. The van der Waals surface area contributed by atoms with Crippen molar-refractivity contribution in [3.8, 4) is 11.1 Å². The molecule has 4 rings (SSSR count). The highest BCUT2D eigenvalue weighted by molar-refractivity contribution is 6.03. The van der Waals surface area contributed by atoms with E-state index < -0.39 is 12.1 Å². The number of hydrogen-bond donors (Lipinski definition) is 3. The van der Waals surface area contributed by atoms with Crippen LogP contribution in [-0.2, 0) is 9.53 Å². The molecule has 7 heteroatoms.